The largest absolute Gasteiger partial charge is 0.379 e. The van der Waals surface area contributed by atoms with Crippen molar-refractivity contribution < 1.29 is 18.8 Å². The smallest absolute Gasteiger partial charge is 0.324 e. The van der Waals surface area contributed by atoms with Crippen molar-refractivity contribution in [2.24, 2.45) is 5.92 Å². The molecule has 26 heavy (non-hydrogen) atoms. The molecule has 1 amide bonds. The number of benzene rings is 1. The van der Waals surface area contributed by atoms with Crippen molar-refractivity contribution in [2.75, 3.05) is 57.5 Å². The number of hydrogen-bond acceptors (Lipinski definition) is 7. The van der Waals surface area contributed by atoms with Crippen LogP contribution in [0.4, 0.5) is 6.01 Å². The Hall–Kier alpha value is -2.45. The molecule has 0 spiro atoms. The SMILES string of the molecule is O=C(C1COCCN(c2nc(-c3ccccc3)no2)C1)N1CCOCC1. The summed E-state index contributed by atoms with van der Waals surface area (Å²) in [6.45, 7) is 4.50. The fourth-order valence-electron chi connectivity index (χ4n) is 3.22. The van der Waals surface area contributed by atoms with Crippen molar-refractivity contribution in [3.63, 3.8) is 0 Å². The maximum absolute atomic E-state index is 12.8. The maximum atomic E-state index is 12.8. The van der Waals surface area contributed by atoms with Gasteiger partial charge in [-0.2, -0.15) is 4.98 Å². The molecule has 2 fully saturated rings. The number of morpholine rings is 1. The molecule has 0 aliphatic carbocycles. The van der Waals surface area contributed by atoms with Gasteiger partial charge in [0.1, 0.15) is 0 Å². The van der Waals surface area contributed by atoms with Crippen LogP contribution in [-0.4, -0.2) is 73.6 Å². The lowest BCUT2D eigenvalue weighted by Crippen LogP contribution is -2.47. The molecule has 8 nitrogen and oxygen atoms in total. The standard InChI is InChI=1S/C18H22N4O4/c23-17(21-6-9-24-10-7-21)15-12-22(8-11-25-13-15)18-19-16(20-26-18)14-4-2-1-3-5-14/h1-5,15H,6-13H2. The first kappa shape index (κ1) is 17.0. The Kier molecular flexibility index (Phi) is 5.12. The maximum Gasteiger partial charge on any atom is 0.324 e. The molecule has 1 aromatic carbocycles. The predicted octanol–water partition coefficient (Wildman–Crippen LogP) is 1.05. The van der Waals surface area contributed by atoms with Crippen LogP contribution in [0, 0.1) is 5.92 Å². The summed E-state index contributed by atoms with van der Waals surface area (Å²) in [5.74, 6) is 0.396. The summed E-state index contributed by atoms with van der Waals surface area (Å²) < 4.78 is 16.4. The Morgan fingerprint density at radius 3 is 2.62 bits per heavy atom. The number of carbonyl (C=O) groups is 1. The van der Waals surface area contributed by atoms with Crippen molar-refractivity contribution in [2.45, 2.75) is 0 Å². The summed E-state index contributed by atoms with van der Waals surface area (Å²) in [6, 6.07) is 10.1. The number of nitrogens with zero attached hydrogens (tertiary/aromatic N) is 4. The molecule has 0 bridgehead atoms. The highest BCUT2D eigenvalue weighted by Crippen LogP contribution is 2.22. The Morgan fingerprint density at radius 1 is 1.04 bits per heavy atom. The van der Waals surface area contributed by atoms with Crippen molar-refractivity contribution in [3.05, 3.63) is 30.3 Å². The van der Waals surface area contributed by atoms with Gasteiger partial charge >= 0.3 is 6.01 Å². The molecule has 0 saturated carbocycles. The van der Waals surface area contributed by atoms with E-state index in [0.29, 0.717) is 64.4 Å². The second-order valence-electron chi connectivity index (χ2n) is 6.42. The molecule has 2 aliphatic rings. The van der Waals surface area contributed by atoms with Crippen LogP contribution in [0.25, 0.3) is 11.4 Å². The highest BCUT2D eigenvalue weighted by Gasteiger charge is 2.31. The quantitative estimate of drug-likeness (QED) is 0.811. The highest BCUT2D eigenvalue weighted by molar-refractivity contribution is 5.79. The first-order valence-electron chi connectivity index (χ1n) is 8.89. The molecule has 3 heterocycles. The minimum atomic E-state index is -0.248. The van der Waals surface area contributed by atoms with Gasteiger partial charge in [0.25, 0.3) is 0 Å². The average molecular weight is 358 g/mol. The van der Waals surface area contributed by atoms with E-state index in [9.17, 15) is 4.79 Å². The van der Waals surface area contributed by atoms with E-state index in [1.54, 1.807) is 0 Å². The van der Waals surface area contributed by atoms with Crippen LogP contribution in [0.5, 0.6) is 0 Å². The van der Waals surface area contributed by atoms with Gasteiger partial charge in [0.2, 0.25) is 11.7 Å². The van der Waals surface area contributed by atoms with Gasteiger partial charge in [0, 0.05) is 31.7 Å². The molecule has 4 rings (SSSR count). The lowest BCUT2D eigenvalue weighted by molar-refractivity contribution is -0.140. The van der Waals surface area contributed by atoms with Crippen molar-refractivity contribution in [1.82, 2.24) is 15.0 Å². The summed E-state index contributed by atoms with van der Waals surface area (Å²) in [4.78, 5) is 21.1. The Morgan fingerprint density at radius 2 is 1.81 bits per heavy atom. The molecule has 2 aliphatic heterocycles. The van der Waals surface area contributed by atoms with Gasteiger partial charge in [-0.3, -0.25) is 4.79 Å². The van der Waals surface area contributed by atoms with Gasteiger partial charge < -0.3 is 23.8 Å². The number of hydrogen-bond donors (Lipinski definition) is 0. The normalized spacial score (nSPS) is 21.5. The van der Waals surface area contributed by atoms with Crippen LogP contribution < -0.4 is 4.90 Å². The number of ether oxygens (including phenoxy) is 2. The predicted molar refractivity (Wildman–Crippen MR) is 93.7 cm³/mol. The molecule has 1 aromatic heterocycles. The lowest BCUT2D eigenvalue weighted by atomic mass is 10.1. The van der Waals surface area contributed by atoms with Crippen molar-refractivity contribution in [3.8, 4) is 11.4 Å². The summed E-state index contributed by atoms with van der Waals surface area (Å²) in [6.07, 6.45) is 0. The van der Waals surface area contributed by atoms with E-state index in [1.165, 1.54) is 0 Å². The minimum absolute atomic E-state index is 0.1000. The summed E-state index contributed by atoms with van der Waals surface area (Å²) in [5.41, 5.74) is 0.898. The topological polar surface area (TPSA) is 80.9 Å². The highest BCUT2D eigenvalue weighted by atomic mass is 16.5. The van der Waals surface area contributed by atoms with E-state index in [-0.39, 0.29) is 11.8 Å². The summed E-state index contributed by atoms with van der Waals surface area (Å²) >= 11 is 0. The first-order chi connectivity index (χ1) is 12.8. The van der Waals surface area contributed by atoms with E-state index in [1.807, 2.05) is 40.1 Å². The van der Waals surface area contributed by atoms with Gasteiger partial charge in [0.15, 0.2) is 0 Å². The molecule has 2 aromatic rings. The van der Waals surface area contributed by atoms with Gasteiger partial charge in [-0.1, -0.05) is 35.5 Å². The average Bonchev–Trinajstić information content (AvgIpc) is 3.07. The number of amides is 1. The molecular formula is C18H22N4O4. The molecule has 1 atom stereocenters. The van der Waals surface area contributed by atoms with Crippen LogP contribution in [0.15, 0.2) is 34.9 Å². The van der Waals surface area contributed by atoms with Crippen molar-refractivity contribution in [1.29, 1.82) is 0 Å². The third-order valence-electron chi connectivity index (χ3n) is 4.66. The van der Waals surface area contributed by atoms with Crippen LogP contribution in [0.1, 0.15) is 0 Å². The van der Waals surface area contributed by atoms with Crippen molar-refractivity contribution >= 4 is 11.9 Å². The monoisotopic (exact) mass is 358 g/mol. The summed E-state index contributed by atoms with van der Waals surface area (Å²) in [7, 11) is 0. The number of anilines is 1. The van der Waals surface area contributed by atoms with Gasteiger partial charge in [0.05, 0.1) is 32.3 Å². The molecular weight excluding hydrogens is 336 g/mol. The summed E-state index contributed by atoms with van der Waals surface area (Å²) in [5, 5.41) is 4.07. The fourth-order valence-corrected chi connectivity index (χ4v) is 3.22. The Balaban J connectivity index is 1.47. The molecule has 0 radical (unpaired) electrons. The third-order valence-corrected chi connectivity index (χ3v) is 4.66. The van der Waals surface area contributed by atoms with Gasteiger partial charge in [-0.25, -0.2) is 0 Å². The van der Waals surface area contributed by atoms with Crippen LogP contribution in [0.3, 0.4) is 0 Å². The zero-order valence-corrected chi connectivity index (χ0v) is 14.5. The molecule has 8 heteroatoms. The zero-order valence-electron chi connectivity index (χ0n) is 14.5. The number of carbonyl (C=O) groups excluding carboxylic acids is 1. The van der Waals surface area contributed by atoms with E-state index >= 15 is 0 Å². The number of aromatic nitrogens is 2. The van der Waals surface area contributed by atoms with Gasteiger partial charge in [-0.05, 0) is 0 Å². The van der Waals surface area contributed by atoms with E-state index in [4.69, 9.17) is 14.0 Å². The molecule has 2 saturated heterocycles. The van der Waals surface area contributed by atoms with E-state index < -0.39 is 0 Å². The Bertz CT molecular complexity index is 730. The number of rotatable bonds is 3. The van der Waals surface area contributed by atoms with Crippen LogP contribution in [-0.2, 0) is 14.3 Å². The first-order valence-corrected chi connectivity index (χ1v) is 8.89. The second kappa shape index (κ2) is 7.84. The molecule has 1 unspecified atom stereocenters. The third kappa shape index (κ3) is 3.71. The molecule has 0 N–H and O–H groups in total. The zero-order chi connectivity index (χ0) is 17.8. The molecule has 138 valence electrons. The van der Waals surface area contributed by atoms with Gasteiger partial charge in [-0.15, -0.1) is 0 Å². The Labute approximate surface area is 151 Å². The lowest BCUT2D eigenvalue weighted by Gasteiger charge is -2.30. The van der Waals surface area contributed by atoms with E-state index in [0.717, 1.165) is 5.56 Å². The second-order valence-corrected chi connectivity index (χ2v) is 6.42. The minimum Gasteiger partial charge on any atom is -0.379 e. The fraction of sp³-hybridized carbons (Fsp3) is 0.500. The van der Waals surface area contributed by atoms with E-state index in [2.05, 4.69) is 10.1 Å². The van der Waals surface area contributed by atoms with Crippen LogP contribution >= 0.6 is 0 Å². The van der Waals surface area contributed by atoms with Crippen LogP contribution in [0.2, 0.25) is 0 Å².